The fourth-order valence-corrected chi connectivity index (χ4v) is 2.12. The van der Waals surface area contributed by atoms with E-state index < -0.39 is 0 Å². The van der Waals surface area contributed by atoms with E-state index in [0.717, 1.165) is 43.9 Å². The molecule has 0 saturated carbocycles. The number of rotatable bonds is 10. The molecule has 1 aromatic rings. The summed E-state index contributed by atoms with van der Waals surface area (Å²) in [4.78, 5) is 0. The topological polar surface area (TPSA) is 30.5 Å². The highest BCUT2D eigenvalue weighted by molar-refractivity contribution is 5.43. The Hall–Kier alpha value is -1.22. The zero-order chi connectivity index (χ0) is 14.8. The highest BCUT2D eigenvalue weighted by atomic mass is 16.5. The van der Waals surface area contributed by atoms with Gasteiger partial charge in [-0.25, -0.2) is 0 Å². The molecular weight excluding hydrogens is 250 g/mol. The molecule has 3 nitrogen and oxygen atoms in total. The van der Waals surface area contributed by atoms with Crippen molar-refractivity contribution >= 4 is 0 Å². The second-order valence-electron chi connectivity index (χ2n) is 5.11. The van der Waals surface area contributed by atoms with Gasteiger partial charge in [0.25, 0.3) is 0 Å². The van der Waals surface area contributed by atoms with Gasteiger partial charge in [0.1, 0.15) is 0 Å². The highest BCUT2D eigenvalue weighted by Gasteiger charge is 2.10. The summed E-state index contributed by atoms with van der Waals surface area (Å²) in [6, 6.07) is 6.22. The standard InChI is InChI=1S/C17H29NO2/c1-5-8-14(4)20-16-10-9-15(13-18-11-6-2)12-17(16)19-7-3/h9-10,12,14,18H,5-8,11,13H2,1-4H3. The van der Waals surface area contributed by atoms with Crippen LogP contribution >= 0.6 is 0 Å². The lowest BCUT2D eigenvalue weighted by Crippen LogP contribution is -2.15. The molecule has 0 radical (unpaired) electrons. The summed E-state index contributed by atoms with van der Waals surface area (Å²) < 4.78 is 11.7. The minimum atomic E-state index is 0.225. The number of hydrogen-bond acceptors (Lipinski definition) is 3. The van der Waals surface area contributed by atoms with Gasteiger partial charge in [-0.1, -0.05) is 26.3 Å². The number of hydrogen-bond donors (Lipinski definition) is 1. The summed E-state index contributed by atoms with van der Waals surface area (Å²) in [5, 5.41) is 3.40. The number of benzene rings is 1. The van der Waals surface area contributed by atoms with Crippen molar-refractivity contribution in [3.05, 3.63) is 23.8 Å². The Balaban J connectivity index is 2.73. The molecule has 0 aromatic heterocycles. The van der Waals surface area contributed by atoms with Gasteiger partial charge in [0.15, 0.2) is 11.5 Å². The van der Waals surface area contributed by atoms with E-state index in [2.05, 4.69) is 38.2 Å². The van der Waals surface area contributed by atoms with Crippen molar-refractivity contribution in [1.82, 2.24) is 5.32 Å². The minimum absolute atomic E-state index is 0.225. The van der Waals surface area contributed by atoms with Crippen molar-refractivity contribution in [3.63, 3.8) is 0 Å². The van der Waals surface area contributed by atoms with Gasteiger partial charge < -0.3 is 14.8 Å². The van der Waals surface area contributed by atoms with Gasteiger partial charge in [-0.15, -0.1) is 0 Å². The van der Waals surface area contributed by atoms with Gasteiger partial charge in [-0.3, -0.25) is 0 Å². The Morgan fingerprint density at radius 1 is 1.10 bits per heavy atom. The van der Waals surface area contributed by atoms with Gasteiger partial charge >= 0.3 is 0 Å². The van der Waals surface area contributed by atoms with Crippen LogP contribution in [-0.4, -0.2) is 19.3 Å². The van der Waals surface area contributed by atoms with Gasteiger partial charge in [0.05, 0.1) is 12.7 Å². The van der Waals surface area contributed by atoms with Crippen LogP contribution in [0.2, 0.25) is 0 Å². The molecule has 0 spiro atoms. The minimum Gasteiger partial charge on any atom is -0.490 e. The van der Waals surface area contributed by atoms with Crippen LogP contribution in [0.4, 0.5) is 0 Å². The molecule has 0 bridgehead atoms. The highest BCUT2D eigenvalue weighted by Crippen LogP contribution is 2.30. The summed E-state index contributed by atoms with van der Waals surface area (Å²) in [7, 11) is 0. The van der Waals surface area contributed by atoms with Crippen LogP contribution in [-0.2, 0) is 6.54 Å². The number of ether oxygens (including phenoxy) is 2. The SMILES string of the molecule is CCCNCc1ccc(OC(C)CCC)c(OCC)c1. The lowest BCUT2D eigenvalue weighted by atomic mass is 10.2. The van der Waals surface area contributed by atoms with Crippen molar-refractivity contribution in [3.8, 4) is 11.5 Å². The van der Waals surface area contributed by atoms with E-state index in [0.29, 0.717) is 6.61 Å². The maximum Gasteiger partial charge on any atom is 0.161 e. The van der Waals surface area contributed by atoms with Crippen LogP contribution in [0.3, 0.4) is 0 Å². The van der Waals surface area contributed by atoms with Gasteiger partial charge in [0, 0.05) is 6.54 Å². The first kappa shape index (κ1) is 16.8. The summed E-state index contributed by atoms with van der Waals surface area (Å²) in [5.74, 6) is 1.71. The Kier molecular flexibility index (Phi) is 8.12. The predicted molar refractivity (Wildman–Crippen MR) is 84.6 cm³/mol. The first-order valence-corrected chi connectivity index (χ1v) is 7.84. The third-order valence-corrected chi connectivity index (χ3v) is 3.09. The number of nitrogens with one attached hydrogen (secondary N) is 1. The second-order valence-corrected chi connectivity index (χ2v) is 5.11. The van der Waals surface area contributed by atoms with Crippen LogP contribution in [0.1, 0.15) is 52.5 Å². The molecule has 20 heavy (non-hydrogen) atoms. The van der Waals surface area contributed by atoms with E-state index in [4.69, 9.17) is 9.47 Å². The molecular formula is C17H29NO2. The van der Waals surface area contributed by atoms with Gasteiger partial charge in [0.2, 0.25) is 0 Å². The summed E-state index contributed by atoms with van der Waals surface area (Å²) in [5.41, 5.74) is 1.23. The summed E-state index contributed by atoms with van der Waals surface area (Å²) >= 11 is 0. The lowest BCUT2D eigenvalue weighted by Gasteiger charge is -2.18. The average Bonchev–Trinajstić information content (AvgIpc) is 2.42. The van der Waals surface area contributed by atoms with Crippen LogP contribution in [0.5, 0.6) is 11.5 Å². The molecule has 0 amide bonds. The Morgan fingerprint density at radius 3 is 2.55 bits per heavy atom. The van der Waals surface area contributed by atoms with Gasteiger partial charge in [-0.2, -0.15) is 0 Å². The zero-order valence-electron chi connectivity index (χ0n) is 13.4. The Morgan fingerprint density at radius 2 is 1.90 bits per heavy atom. The molecule has 3 heteroatoms. The molecule has 114 valence electrons. The quantitative estimate of drug-likeness (QED) is 0.653. The van der Waals surface area contributed by atoms with Crippen molar-refractivity contribution in [2.24, 2.45) is 0 Å². The third-order valence-electron chi connectivity index (χ3n) is 3.09. The van der Waals surface area contributed by atoms with Crippen LogP contribution < -0.4 is 14.8 Å². The van der Waals surface area contributed by atoms with Crippen molar-refractivity contribution in [1.29, 1.82) is 0 Å². The molecule has 1 rings (SSSR count). The second kappa shape index (κ2) is 9.65. The van der Waals surface area contributed by atoms with E-state index in [1.807, 2.05) is 13.0 Å². The largest absolute Gasteiger partial charge is 0.490 e. The molecule has 0 fully saturated rings. The predicted octanol–water partition coefficient (Wildman–Crippen LogP) is 4.15. The maximum atomic E-state index is 5.97. The van der Waals surface area contributed by atoms with E-state index >= 15 is 0 Å². The molecule has 0 heterocycles. The molecule has 1 N–H and O–H groups in total. The summed E-state index contributed by atoms with van der Waals surface area (Å²) in [6.45, 7) is 11.0. The molecule has 1 aromatic carbocycles. The molecule has 1 atom stereocenters. The fourth-order valence-electron chi connectivity index (χ4n) is 2.12. The first-order valence-electron chi connectivity index (χ1n) is 7.84. The zero-order valence-corrected chi connectivity index (χ0v) is 13.4. The van der Waals surface area contributed by atoms with Crippen molar-refractivity contribution in [2.45, 2.75) is 59.6 Å². The maximum absolute atomic E-state index is 5.97. The molecule has 0 saturated heterocycles. The van der Waals surface area contributed by atoms with Gasteiger partial charge in [-0.05, 0) is 50.9 Å². The molecule has 0 aliphatic heterocycles. The van der Waals surface area contributed by atoms with Crippen LogP contribution in [0.15, 0.2) is 18.2 Å². The third kappa shape index (κ3) is 5.83. The molecule has 1 unspecified atom stereocenters. The lowest BCUT2D eigenvalue weighted by molar-refractivity contribution is 0.197. The molecule has 0 aliphatic rings. The average molecular weight is 279 g/mol. The normalized spacial score (nSPS) is 12.2. The van der Waals surface area contributed by atoms with E-state index in [1.54, 1.807) is 0 Å². The first-order chi connectivity index (χ1) is 9.71. The molecule has 0 aliphatic carbocycles. The van der Waals surface area contributed by atoms with E-state index in [1.165, 1.54) is 5.56 Å². The van der Waals surface area contributed by atoms with Crippen LogP contribution in [0.25, 0.3) is 0 Å². The van der Waals surface area contributed by atoms with E-state index in [-0.39, 0.29) is 6.10 Å². The van der Waals surface area contributed by atoms with Crippen molar-refractivity contribution in [2.75, 3.05) is 13.2 Å². The monoisotopic (exact) mass is 279 g/mol. The Bertz CT molecular complexity index is 379. The fraction of sp³-hybridized carbons (Fsp3) is 0.647. The van der Waals surface area contributed by atoms with E-state index in [9.17, 15) is 0 Å². The van der Waals surface area contributed by atoms with Crippen LogP contribution in [0, 0.1) is 0 Å². The smallest absolute Gasteiger partial charge is 0.161 e. The Labute approximate surface area is 123 Å². The van der Waals surface area contributed by atoms with Crippen molar-refractivity contribution < 1.29 is 9.47 Å². The summed E-state index contributed by atoms with van der Waals surface area (Å²) in [6.07, 6.45) is 3.56.